The Morgan fingerprint density at radius 3 is 2.52 bits per heavy atom. The highest BCUT2D eigenvalue weighted by Crippen LogP contribution is 2.30. The van der Waals surface area contributed by atoms with Gasteiger partial charge in [-0.3, -0.25) is 19.7 Å². The van der Waals surface area contributed by atoms with Crippen LogP contribution in [0.2, 0.25) is 0 Å². The first-order chi connectivity index (χ1) is 15.0. The van der Waals surface area contributed by atoms with E-state index >= 15 is 0 Å². The molecule has 1 N–H and O–H groups in total. The van der Waals surface area contributed by atoms with E-state index in [0.29, 0.717) is 57.5 Å². The van der Waals surface area contributed by atoms with E-state index in [-0.39, 0.29) is 23.1 Å². The minimum atomic E-state index is -0.457. The van der Waals surface area contributed by atoms with Gasteiger partial charge in [0.2, 0.25) is 5.91 Å². The Morgan fingerprint density at radius 1 is 1.16 bits per heavy atom. The summed E-state index contributed by atoms with van der Waals surface area (Å²) in [5.41, 5.74) is 0.654. The number of benzene rings is 1. The van der Waals surface area contributed by atoms with Crippen LogP contribution in [0.15, 0.2) is 18.2 Å². The van der Waals surface area contributed by atoms with Gasteiger partial charge in [0, 0.05) is 57.9 Å². The molecule has 1 saturated heterocycles. The number of anilines is 1. The molecule has 9 nitrogen and oxygen atoms in total. The molecule has 1 aromatic carbocycles. The molecule has 1 heterocycles. The molecule has 2 aliphatic rings. The van der Waals surface area contributed by atoms with E-state index in [0.717, 1.165) is 12.8 Å². The van der Waals surface area contributed by atoms with Crippen molar-refractivity contribution in [1.29, 1.82) is 0 Å². The summed E-state index contributed by atoms with van der Waals surface area (Å²) in [6, 6.07) is 4.58. The molecule has 1 saturated carbocycles. The Morgan fingerprint density at radius 2 is 1.87 bits per heavy atom. The zero-order chi connectivity index (χ0) is 22.2. The molecule has 170 valence electrons. The smallest absolute Gasteiger partial charge is 0.293 e. The van der Waals surface area contributed by atoms with Gasteiger partial charge in [-0.1, -0.05) is 19.3 Å². The predicted octanol–water partition coefficient (Wildman–Crippen LogP) is 2.73. The molecule has 0 unspecified atom stereocenters. The molecular formula is C22H32N4O5. The van der Waals surface area contributed by atoms with Crippen molar-refractivity contribution in [2.75, 3.05) is 44.2 Å². The SMILES string of the molecule is CC(=O)N1CCN(c2ccc(C(=O)NCCCOC3CCCCC3)cc2[N+](=O)[O-])CC1. The standard InChI is InChI=1S/C22H32N4O5/c1-17(27)24-11-13-25(14-12-24)20-9-8-18(16-21(20)26(29)30)22(28)23-10-5-15-31-19-6-3-2-4-7-19/h8-9,16,19H,2-7,10-15H2,1H3,(H,23,28). The van der Waals surface area contributed by atoms with Gasteiger partial charge in [-0.05, 0) is 31.4 Å². The molecule has 1 aliphatic heterocycles. The van der Waals surface area contributed by atoms with E-state index in [9.17, 15) is 19.7 Å². The highest BCUT2D eigenvalue weighted by Gasteiger charge is 2.25. The number of carbonyl (C=O) groups is 2. The Bertz CT molecular complexity index is 786. The molecule has 0 radical (unpaired) electrons. The van der Waals surface area contributed by atoms with Gasteiger partial charge in [-0.2, -0.15) is 0 Å². The number of amides is 2. The lowest BCUT2D eigenvalue weighted by molar-refractivity contribution is -0.384. The molecule has 1 aliphatic carbocycles. The van der Waals surface area contributed by atoms with E-state index in [4.69, 9.17) is 4.74 Å². The Kier molecular flexibility index (Phi) is 8.22. The van der Waals surface area contributed by atoms with Crippen molar-refractivity contribution in [2.45, 2.75) is 51.6 Å². The lowest BCUT2D eigenvalue weighted by Crippen LogP contribution is -2.48. The van der Waals surface area contributed by atoms with Crippen molar-refractivity contribution in [3.8, 4) is 0 Å². The topological polar surface area (TPSA) is 105 Å². The fourth-order valence-electron chi connectivity index (χ4n) is 4.20. The molecule has 0 aromatic heterocycles. The summed E-state index contributed by atoms with van der Waals surface area (Å²) < 4.78 is 5.86. The van der Waals surface area contributed by atoms with Gasteiger partial charge in [-0.15, -0.1) is 0 Å². The number of nitrogens with one attached hydrogen (secondary N) is 1. The first kappa shape index (κ1) is 23.0. The molecule has 0 bridgehead atoms. The third-order valence-corrected chi connectivity index (χ3v) is 6.01. The fourth-order valence-corrected chi connectivity index (χ4v) is 4.20. The number of hydrogen-bond acceptors (Lipinski definition) is 6. The molecule has 3 rings (SSSR count). The number of nitro groups is 1. The second kappa shape index (κ2) is 11.1. The van der Waals surface area contributed by atoms with Crippen LogP contribution < -0.4 is 10.2 Å². The van der Waals surface area contributed by atoms with Crippen LogP contribution in [0, 0.1) is 10.1 Å². The van der Waals surface area contributed by atoms with E-state index in [2.05, 4.69) is 5.32 Å². The molecule has 31 heavy (non-hydrogen) atoms. The fraction of sp³-hybridized carbons (Fsp3) is 0.636. The molecular weight excluding hydrogens is 400 g/mol. The molecule has 0 spiro atoms. The molecule has 2 amide bonds. The number of hydrogen-bond donors (Lipinski definition) is 1. The van der Waals surface area contributed by atoms with Crippen LogP contribution in [0.25, 0.3) is 0 Å². The predicted molar refractivity (Wildman–Crippen MR) is 117 cm³/mol. The monoisotopic (exact) mass is 432 g/mol. The highest BCUT2D eigenvalue weighted by molar-refractivity contribution is 5.95. The van der Waals surface area contributed by atoms with Crippen molar-refractivity contribution < 1.29 is 19.2 Å². The quantitative estimate of drug-likeness (QED) is 0.385. The maximum atomic E-state index is 12.5. The van der Waals surface area contributed by atoms with Crippen LogP contribution in [0.1, 0.15) is 55.8 Å². The van der Waals surface area contributed by atoms with Crippen LogP contribution in [0.5, 0.6) is 0 Å². The summed E-state index contributed by atoms with van der Waals surface area (Å²) >= 11 is 0. The molecule has 1 aromatic rings. The number of carbonyl (C=O) groups excluding carboxylic acids is 2. The normalized spacial score (nSPS) is 17.5. The van der Waals surface area contributed by atoms with E-state index < -0.39 is 4.92 Å². The lowest BCUT2D eigenvalue weighted by atomic mass is 9.98. The summed E-state index contributed by atoms with van der Waals surface area (Å²) in [5, 5.41) is 14.4. The molecule has 9 heteroatoms. The van der Waals surface area contributed by atoms with Crippen LogP contribution in [0.3, 0.4) is 0 Å². The van der Waals surface area contributed by atoms with E-state index in [1.165, 1.54) is 32.3 Å². The first-order valence-corrected chi connectivity index (χ1v) is 11.1. The summed E-state index contributed by atoms with van der Waals surface area (Å²) in [5.74, 6) is -0.320. The maximum absolute atomic E-state index is 12.5. The van der Waals surface area contributed by atoms with Gasteiger partial charge >= 0.3 is 0 Å². The Labute approximate surface area is 182 Å². The minimum absolute atomic E-state index is 0.00492. The third kappa shape index (κ3) is 6.40. The second-order valence-electron chi connectivity index (χ2n) is 8.19. The maximum Gasteiger partial charge on any atom is 0.293 e. The van der Waals surface area contributed by atoms with Gasteiger partial charge in [0.25, 0.3) is 11.6 Å². The first-order valence-electron chi connectivity index (χ1n) is 11.1. The number of piperazine rings is 1. The van der Waals surface area contributed by atoms with Crippen molar-refractivity contribution in [3.63, 3.8) is 0 Å². The van der Waals surface area contributed by atoms with Crippen LogP contribution in [-0.2, 0) is 9.53 Å². The number of ether oxygens (including phenoxy) is 1. The van der Waals surface area contributed by atoms with Gasteiger partial charge in [-0.25, -0.2) is 0 Å². The Hall–Kier alpha value is -2.68. The summed E-state index contributed by atoms with van der Waals surface area (Å²) in [6.07, 6.45) is 7.03. The van der Waals surface area contributed by atoms with Gasteiger partial charge in [0.15, 0.2) is 0 Å². The largest absolute Gasteiger partial charge is 0.378 e. The second-order valence-corrected chi connectivity index (χ2v) is 8.19. The number of nitrogens with zero attached hydrogens (tertiary/aromatic N) is 3. The average Bonchev–Trinajstić information content (AvgIpc) is 2.79. The molecule has 0 atom stereocenters. The third-order valence-electron chi connectivity index (χ3n) is 6.01. The van der Waals surface area contributed by atoms with Crippen molar-refractivity contribution >= 4 is 23.2 Å². The summed E-state index contributed by atoms with van der Waals surface area (Å²) in [7, 11) is 0. The van der Waals surface area contributed by atoms with Gasteiger partial charge < -0.3 is 19.9 Å². The van der Waals surface area contributed by atoms with Crippen molar-refractivity contribution in [1.82, 2.24) is 10.2 Å². The number of nitro benzene ring substituents is 1. The number of rotatable bonds is 8. The van der Waals surface area contributed by atoms with Crippen LogP contribution in [-0.4, -0.2) is 67.1 Å². The van der Waals surface area contributed by atoms with Crippen molar-refractivity contribution in [3.05, 3.63) is 33.9 Å². The zero-order valence-electron chi connectivity index (χ0n) is 18.2. The van der Waals surface area contributed by atoms with Crippen LogP contribution >= 0.6 is 0 Å². The highest BCUT2D eigenvalue weighted by atomic mass is 16.6. The zero-order valence-corrected chi connectivity index (χ0v) is 18.2. The van der Waals surface area contributed by atoms with Crippen molar-refractivity contribution in [2.24, 2.45) is 0 Å². The lowest BCUT2D eigenvalue weighted by Gasteiger charge is -2.35. The summed E-state index contributed by atoms with van der Waals surface area (Å²) in [6.45, 7) is 4.69. The minimum Gasteiger partial charge on any atom is -0.378 e. The Balaban J connectivity index is 1.51. The van der Waals surface area contributed by atoms with Gasteiger partial charge in [0.1, 0.15) is 5.69 Å². The average molecular weight is 433 g/mol. The summed E-state index contributed by atoms with van der Waals surface area (Å²) in [4.78, 5) is 38.7. The van der Waals surface area contributed by atoms with E-state index in [1.54, 1.807) is 17.0 Å². The van der Waals surface area contributed by atoms with Crippen LogP contribution in [0.4, 0.5) is 11.4 Å². The van der Waals surface area contributed by atoms with Gasteiger partial charge in [0.05, 0.1) is 11.0 Å². The molecule has 2 fully saturated rings. The van der Waals surface area contributed by atoms with E-state index in [1.807, 2.05) is 4.90 Å².